The summed E-state index contributed by atoms with van der Waals surface area (Å²) in [5.74, 6) is -1.01. The second-order valence-corrected chi connectivity index (χ2v) is 19.5. The Labute approximate surface area is 472 Å². The van der Waals surface area contributed by atoms with Gasteiger partial charge in [-0.05, 0) is 154 Å². The number of unbranched alkanes of at least 4 members (excludes halogenated alkanes) is 14. The van der Waals surface area contributed by atoms with E-state index in [0.717, 1.165) is 167 Å². The lowest BCUT2D eigenvalue weighted by Crippen LogP contribution is -2.30. The van der Waals surface area contributed by atoms with Gasteiger partial charge in [0.1, 0.15) is 13.2 Å². The smallest absolute Gasteiger partial charge is 0.306 e. The van der Waals surface area contributed by atoms with Gasteiger partial charge >= 0.3 is 17.9 Å². The molecule has 0 rings (SSSR count). The monoisotopic (exact) mass is 1060 g/mol. The van der Waals surface area contributed by atoms with E-state index in [-0.39, 0.29) is 44.0 Å². The lowest BCUT2D eigenvalue weighted by atomic mass is 10.1. The van der Waals surface area contributed by atoms with Gasteiger partial charge in [0.25, 0.3) is 0 Å². The normalized spacial score (nSPS) is 13.3. The molecule has 0 bridgehead atoms. The van der Waals surface area contributed by atoms with Crippen LogP contribution in [0.15, 0.2) is 170 Å². The Balaban J connectivity index is 4.53. The first-order valence-corrected chi connectivity index (χ1v) is 30.6. The highest BCUT2D eigenvalue weighted by molar-refractivity contribution is 5.71. The van der Waals surface area contributed by atoms with Gasteiger partial charge in [-0.15, -0.1) is 0 Å². The van der Waals surface area contributed by atoms with Crippen LogP contribution in [-0.2, 0) is 28.6 Å². The summed E-state index contributed by atoms with van der Waals surface area (Å²) in [4.78, 5) is 38.2. The van der Waals surface area contributed by atoms with Crippen LogP contribution in [0, 0.1) is 0 Å². The molecule has 0 aliphatic rings. The van der Waals surface area contributed by atoms with Gasteiger partial charge in [-0.25, -0.2) is 0 Å². The van der Waals surface area contributed by atoms with Crippen LogP contribution in [0.1, 0.15) is 239 Å². The molecule has 430 valence electrons. The maximum Gasteiger partial charge on any atom is 0.306 e. The summed E-state index contributed by atoms with van der Waals surface area (Å²) < 4.78 is 16.8. The number of allylic oxidation sites excluding steroid dienone is 28. The fourth-order valence-electron chi connectivity index (χ4n) is 7.65. The van der Waals surface area contributed by atoms with Gasteiger partial charge in [0.05, 0.1) is 0 Å². The van der Waals surface area contributed by atoms with Gasteiger partial charge in [0.15, 0.2) is 6.10 Å². The van der Waals surface area contributed by atoms with E-state index in [1.165, 1.54) is 25.7 Å². The summed E-state index contributed by atoms with van der Waals surface area (Å²) in [6.07, 6.45) is 93.5. The highest BCUT2D eigenvalue weighted by Crippen LogP contribution is 2.12. The van der Waals surface area contributed by atoms with E-state index in [9.17, 15) is 14.4 Å². The zero-order valence-corrected chi connectivity index (χ0v) is 49.1. The van der Waals surface area contributed by atoms with Crippen LogP contribution in [0.25, 0.3) is 0 Å². The van der Waals surface area contributed by atoms with E-state index in [4.69, 9.17) is 14.2 Å². The maximum absolute atomic E-state index is 12.9. The molecule has 6 heteroatoms. The molecule has 0 aromatic carbocycles. The molecule has 6 nitrogen and oxygen atoms in total. The molecule has 0 aromatic heterocycles. The Morgan fingerprint density at radius 2 is 0.506 bits per heavy atom. The summed E-state index contributed by atoms with van der Waals surface area (Å²) in [5, 5.41) is 0. The first-order chi connectivity index (χ1) is 38.0. The van der Waals surface area contributed by atoms with Crippen LogP contribution < -0.4 is 0 Å². The van der Waals surface area contributed by atoms with Crippen molar-refractivity contribution in [3.05, 3.63) is 170 Å². The van der Waals surface area contributed by atoms with E-state index >= 15 is 0 Å². The Kier molecular flexibility index (Phi) is 59.0. The fraction of sp³-hybridized carbons (Fsp3) is 0.563. The Bertz CT molecular complexity index is 1790. The molecule has 0 fully saturated rings. The van der Waals surface area contributed by atoms with Gasteiger partial charge in [0, 0.05) is 19.3 Å². The molecule has 0 aliphatic heterocycles. The van der Waals surface area contributed by atoms with Crippen molar-refractivity contribution in [1.29, 1.82) is 0 Å². The second-order valence-electron chi connectivity index (χ2n) is 19.5. The Hall–Kier alpha value is -5.23. The fourth-order valence-corrected chi connectivity index (χ4v) is 7.65. The van der Waals surface area contributed by atoms with Crippen molar-refractivity contribution in [1.82, 2.24) is 0 Å². The minimum atomic E-state index is -0.825. The number of ether oxygens (including phenoxy) is 3. The highest BCUT2D eigenvalue weighted by atomic mass is 16.6. The predicted octanol–water partition coefficient (Wildman–Crippen LogP) is 21.1. The van der Waals surface area contributed by atoms with Crippen molar-refractivity contribution in [3.63, 3.8) is 0 Å². The van der Waals surface area contributed by atoms with Crippen molar-refractivity contribution >= 4 is 17.9 Å². The third-order valence-corrected chi connectivity index (χ3v) is 12.2. The molecule has 0 amide bonds. The van der Waals surface area contributed by atoms with Crippen LogP contribution >= 0.6 is 0 Å². The average Bonchev–Trinajstić information content (AvgIpc) is 3.43. The Morgan fingerprint density at radius 1 is 0.273 bits per heavy atom. The van der Waals surface area contributed by atoms with Crippen molar-refractivity contribution in [2.75, 3.05) is 13.2 Å². The molecular formula is C71H110O6. The third-order valence-electron chi connectivity index (χ3n) is 12.2. The van der Waals surface area contributed by atoms with E-state index in [1.54, 1.807) is 0 Å². The molecule has 0 heterocycles. The molecular weight excluding hydrogens is 949 g/mol. The maximum atomic E-state index is 12.9. The van der Waals surface area contributed by atoms with Gasteiger partial charge in [-0.1, -0.05) is 236 Å². The number of rotatable bonds is 53. The van der Waals surface area contributed by atoms with Gasteiger partial charge in [-0.2, -0.15) is 0 Å². The van der Waals surface area contributed by atoms with Gasteiger partial charge in [-0.3, -0.25) is 14.4 Å². The largest absolute Gasteiger partial charge is 0.462 e. The summed E-state index contributed by atoms with van der Waals surface area (Å²) in [5.41, 5.74) is 0. The molecule has 0 radical (unpaired) electrons. The number of carbonyl (C=O) groups is 3. The van der Waals surface area contributed by atoms with Crippen molar-refractivity contribution in [2.24, 2.45) is 0 Å². The zero-order valence-electron chi connectivity index (χ0n) is 49.1. The molecule has 0 aromatic rings. The van der Waals surface area contributed by atoms with E-state index in [0.29, 0.717) is 12.8 Å². The Morgan fingerprint density at radius 3 is 0.818 bits per heavy atom. The van der Waals surface area contributed by atoms with Gasteiger partial charge in [0.2, 0.25) is 0 Å². The summed E-state index contributed by atoms with van der Waals surface area (Å²) >= 11 is 0. The first kappa shape index (κ1) is 71.8. The highest BCUT2D eigenvalue weighted by Gasteiger charge is 2.19. The average molecular weight is 1060 g/mol. The molecule has 1 atom stereocenters. The van der Waals surface area contributed by atoms with E-state index in [2.05, 4.69) is 191 Å². The molecule has 0 saturated heterocycles. The van der Waals surface area contributed by atoms with E-state index in [1.807, 2.05) is 0 Å². The standard InChI is InChI=1S/C71H110O6/c1-4-7-10-13-16-19-22-25-28-30-31-32-33-34-35-36-37-38-39-41-43-46-49-52-55-58-61-64-70(73)76-67-68(66-75-69(72)63-60-57-54-51-48-45-42-27-24-21-18-15-12-9-6-3)77-71(74)65-62-59-56-53-50-47-44-40-29-26-23-20-17-14-11-8-5-2/h7-8,10-11,16-21,25-29,31-32,34-35,37-38,41-44,47,49,52,68H,4-6,9,12-15,22-24,30,33,36,39-40,45-46,48,50-51,53-67H2,1-3H3/b10-7-,11-8-,19-16-,20-17-,21-18-,28-25-,29-26-,32-31-,35-34-,38-37-,42-27-,43-41-,47-44-,52-49-. The van der Waals surface area contributed by atoms with Crippen molar-refractivity contribution in [2.45, 2.75) is 245 Å². The molecule has 0 N–H and O–H groups in total. The van der Waals surface area contributed by atoms with Crippen molar-refractivity contribution in [3.8, 4) is 0 Å². The molecule has 0 aliphatic carbocycles. The van der Waals surface area contributed by atoms with Gasteiger partial charge < -0.3 is 14.2 Å². The number of hydrogen-bond acceptors (Lipinski definition) is 6. The minimum absolute atomic E-state index is 0.117. The van der Waals surface area contributed by atoms with Crippen LogP contribution in [0.3, 0.4) is 0 Å². The number of esters is 3. The summed E-state index contributed by atoms with van der Waals surface area (Å²) in [6.45, 7) is 6.30. The first-order valence-electron chi connectivity index (χ1n) is 30.6. The van der Waals surface area contributed by atoms with Crippen LogP contribution in [0.5, 0.6) is 0 Å². The van der Waals surface area contributed by atoms with Crippen LogP contribution in [0.4, 0.5) is 0 Å². The zero-order chi connectivity index (χ0) is 55.7. The quantitative estimate of drug-likeness (QED) is 0.0261. The lowest BCUT2D eigenvalue weighted by molar-refractivity contribution is -0.167. The number of hydrogen-bond donors (Lipinski definition) is 0. The molecule has 0 spiro atoms. The third kappa shape index (κ3) is 61.5. The van der Waals surface area contributed by atoms with Crippen LogP contribution in [0.2, 0.25) is 0 Å². The number of carbonyl (C=O) groups excluding carboxylic acids is 3. The topological polar surface area (TPSA) is 78.9 Å². The predicted molar refractivity (Wildman–Crippen MR) is 334 cm³/mol. The molecule has 0 saturated carbocycles. The molecule has 1 unspecified atom stereocenters. The molecule has 77 heavy (non-hydrogen) atoms. The summed E-state index contributed by atoms with van der Waals surface area (Å²) in [6, 6.07) is 0. The van der Waals surface area contributed by atoms with E-state index < -0.39 is 6.10 Å². The SMILES string of the molecule is CC/C=C\C/C=C\C/C=C\C/C=C\C/C=C\C/C=C\C/C=C\C/C=C\CCCCC(=O)OCC(COC(=O)CCCCCCC/C=C\C/C=C\CCCCC)OC(=O)CCCCCC/C=C\C/C=C\C/C=C\C/C=C\CC. The van der Waals surface area contributed by atoms with Crippen molar-refractivity contribution < 1.29 is 28.6 Å². The van der Waals surface area contributed by atoms with Crippen LogP contribution in [-0.4, -0.2) is 37.2 Å². The second kappa shape index (κ2) is 63.3. The summed E-state index contributed by atoms with van der Waals surface area (Å²) in [7, 11) is 0. The lowest BCUT2D eigenvalue weighted by Gasteiger charge is -2.18. The minimum Gasteiger partial charge on any atom is -0.462 e.